The van der Waals surface area contributed by atoms with Crippen molar-refractivity contribution in [3.63, 3.8) is 0 Å². The monoisotopic (exact) mass is 421 g/mol. The summed E-state index contributed by atoms with van der Waals surface area (Å²) in [5, 5.41) is -12.5. The summed E-state index contributed by atoms with van der Waals surface area (Å²) in [5.41, 5.74) is 0. The number of hydrogen-bond acceptors (Lipinski definition) is 4. The maximum atomic E-state index is 12.5. The Kier molecular flexibility index (Phi) is 3.87. The molecule has 1 rings (SSSR count). The first-order valence-corrected chi connectivity index (χ1v) is 6.08. The summed E-state index contributed by atoms with van der Waals surface area (Å²) in [7, 11) is -12.9. The summed E-state index contributed by atoms with van der Waals surface area (Å²) in [5.74, 6) is -6.57. The van der Waals surface area contributed by atoms with E-state index in [-0.39, 0.29) is 28.1 Å². The molecule has 0 aromatic heterocycles. The van der Waals surface area contributed by atoms with Crippen LogP contribution in [-0.2, 0) is 20.0 Å². The topological polar surface area (TPSA) is 80.3 Å². The lowest BCUT2D eigenvalue weighted by molar-refractivity contribution is -0.246. The molecule has 17 heavy (non-hydrogen) atoms. The fourth-order valence-corrected chi connectivity index (χ4v) is 3.74. The Hall–Kier alpha value is 0.170. The summed E-state index contributed by atoms with van der Waals surface area (Å²) in [6, 6.07) is 0. The molecule has 5 nitrogen and oxygen atoms in total. The third-order valence-corrected chi connectivity index (χ3v) is 5.24. The average Bonchev–Trinajstić information content (AvgIpc) is 1.98. The number of sulfonamides is 2. The molecule has 1 aliphatic rings. The van der Waals surface area contributed by atoms with Gasteiger partial charge >= 0.3 is 16.4 Å². The van der Waals surface area contributed by atoms with Crippen LogP contribution in [-0.4, -0.2) is 33.3 Å². The molecule has 0 bridgehead atoms. The lowest BCUT2D eigenvalue weighted by Gasteiger charge is -2.35. The minimum absolute atomic E-state index is 0. The molecule has 0 aromatic carbocycles. The molecule has 1 aliphatic heterocycles. The zero-order valence-corrected chi connectivity index (χ0v) is 11.1. The highest BCUT2D eigenvalue weighted by Gasteiger charge is 2.86. The first-order chi connectivity index (χ1) is 6.71. The van der Waals surface area contributed by atoms with Gasteiger partial charge < -0.3 is 0 Å². The van der Waals surface area contributed by atoms with Crippen molar-refractivity contribution in [2.24, 2.45) is 0 Å². The number of alkyl halides is 6. The lowest BCUT2D eigenvalue weighted by atomic mass is 10.3. The smallest absolute Gasteiger partial charge is 0.205 e. The van der Waals surface area contributed by atoms with Crippen LogP contribution in [0, 0.1) is 0 Å². The van der Waals surface area contributed by atoms with Gasteiger partial charge in [-0.05, 0) is 0 Å². The van der Waals surface area contributed by atoms with Crippen LogP contribution >= 0.6 is 24.0 Å². The molecule has 0 unspecified atom stereocenters. The van der Waals surface area contributed by atoms with Crippen molar-refractivity contribution < 1.29 is 43.2 Å². The Labute approximate surface area is 108 Å². The van der Waals surface area contributed by atoms with Crippen molar-refractivity contribution in [2.45, 2.75) is 16.4 Å². The molecule has 1 heterocycles. The van der Waals surface area contributed by atoms with Crippen LogP contribution in [0.4, 0.5) is 26.3 Å². The van der Waals surface area contributed by atoms with Crippen molar-refractivity contribution in [1.82, 2.24) is 4.13 Å². The Balaban J connectivity index is 0.00000256. The van der Waals surface area contributed by atoms with Crippen LogP contribution in [0.1, 0.15) is 0 Å². The van der Waals surface area contributed by atoms with Crippen molar-refractivity contribution in [3.05, 3.63) is 0 Å². The summed E-state index contributed by atoms with van der Waals surface area (Å²) in [6.45, 7) is 0. The fraction of sp³-hybridized carbons (Fsp3) is 1.00. The SMILES string of the molecule is I.O=S1(=O)NS(=O)(=O)C(F)(F)C(F)(F)C1(F)F. The molecule has 0 atom stereocenters. The van der Waals surface area contributed by atoms with Gasteiger partial charge in [0.2, 0.25) is 0 Å². The van der Waals surface area contributed by atoms with E-state index in [9.17, 15) is 43.2 Å². The van der Waals surface area contributed by atoms with E-state index in [4.69, 9.17) is 0 Å². The van der Waals surface area contributed by atoms with Crippen LogP contribution in [0.2, 0.25) is 0 Å². The number of rotatable bonds is 0. The molecule has 14 heteroatoms. The van der Waals surface area contributed by atoms with Gasteiger partial charge in [0.25, 0.3) is 20.0 Å². The van der Waals surface area contributed by atoms with Gasteiger partial charge in [-0.2, -0.15) is 26.3 Å². The number of hydrogen-bond donors (Lipinski definition) is 1. The van der Waals surface area contributed by atoms with Gasteiger partial charge in [0.1, 0.15) is 0 Å². The molecule has 0 spiro atoms. The normalized spacial score (nSPS) is 31.2. The van der Waals surface area contributed by atoms with E-state index in [1.54, 1.807) is 0 Å². The molecule has 0 aliphatic carbocycles. The van der Waals surface area contributed by atoms with Gasteiger partial charge in [-0.1, -0.05) is 4.13 Å². The molecule has 0 saturated carbocycles. The van der Waals surface area contributed by atoms with Crippen LogP contribution in [0.15, 0.2) is 0 Å². The summed E-state index contributed by atoms with van der Waals surface area (Å²) >= 11 is 0. The van der Waals surface area contributed by atoms with Gasteiger partial charge in [-0.3, -0.25) is 0 Å². The highest BCUT2D eigenvalue weighted by Crippen LogP contribution is 2.53. The average molecular weight is 421 g/mol. The van der Waals surface area contributed by atoms with Gasteiger partial charge in [-0.25, -0.2) is 16.8 Å². The highest BCUT2D eigenvalue weighted by molar-refractivity contribution is 14.0. The van der Waals surface area contributed by atoms with Gasteiger partial charge in [0, 0.05) is 0 Å². The van der Waals surface area contributed by atoms with Crippen molar-refractivity contribution >= 4 is 44.0 Å². The fourth-order valence-electron chi connectivity index (χ4n) is 0.756. The molecule has 104 valence electrons. The molecule has 1 saturated heterocycles. The quantitative estimate of drug-likeness (QED) is 0.461. The molecule has 0 aromatic rings. The van der Waals surface area contributed by atoms with Crippen molar-refractivity contribution in [3.8, 4) is 0 Å². The molecule has 1 N–H and O–H groups in total. The van der Waals surface area contributed by atoms with Gasteiger partial charge in [-0.15, -0.1) is 24.0 Å². The maximum absolute atomic E-state index is 12.5. The first kappa shape index (κ1) is 17.2. The van der Waals surface area contributed by atoms with E-state index in [0.717, 1.165) is 0 Å². The largest absolute Gasteiger partial charge is 0.429 e. The van der Waals surface area contributed by atoms with Crippen molar-refractivity contribution in [1.29, 1.82) is 0 Å². The highest BCUT2D eigenvalue weighted by atomic mass is 127. The predicted molar refractivity (Wildman–Crippen MR) is 51.2 cm³/mol. The lowest BCUT2D eigenvalue weighted by Crippen LogP contribution is -2.70. The van der Waals surface area contributed by atoms with Crippen LogP contribution in [0.25, 0.3) is 0 Å². The van der Waals surface area contributed by atoms with E-state index in [1.807, 2.05) is 0 Å². The molecule has 0 radical (unpaired) electrons. The molecule has 1 fully saturated rings. The van der Waals surface area contributed by atoms with Crippen LogP contribution in [0.3, 0.4) is 0 Å². The molecule has 0 amide bonds. The zero-order valence-electron chi connectivity index (χ0n) is 7.13. The summed E-state index contributed by atoms with van der Waals surface area (Å²) in [4.78, 5) is 0. The standard InChI is InChI=1S/C3HF6NO4S2.HI/c4-1(5)2(6,7)15(11,12)10-16(13,14)3(1,8)9;/h10H;1H. The number of nitrogens with one attached hydrogen (secondary N) is 1. The molecular formula is C3H2F6INO4S2. The Morgan fingerprint density at radius 1 is 0.706 bits per heavy atom. The van der Waals surface area contributed by atoms with E-state index in [0.29, 0.717) is 0 Å². The Morgan fingerprint density at radius 2 is 0.941 bits per heavy atom. The second-order valence-corrected chi connectivity index (χ2v) is 6.40. The Bertz CT molecular complexity index is 479. The predicted octanol–water partition coefficient (Wildman–Crippen LogP) is 0.688. The van der Waals surface area contributed by atoms with E-state index in [1.165, 1.54) is 0 Å². The first-order valence-electron chi connectivity index (χ1n) is 3.12. The molecular weight excluding hydrogens is 419 g/mol. The van der Waals surface area contributed by atoms with E-state index in [2.05, 4.69) is 0 Å². The van der Waals surface area contributed by atoms with E-state index < -0.39 is 36.5 Å². The summed E-state index contributed by atoms with van der Waals surface area (Å²) < 4.78 is 116. The van der Waals surface area contributed by atoms with Gasteiger partial charge in [0.15, 0.2) is 0 Å². The van der Waals surface area contributed by atoms with Crippen LogP contribution < -0.4 is 4.13 Å². The third-order valence-electron chi connectivity index (χ3n) is 1.63. The van der Waals surface area contributed by atoms with E-state index >= 15 is 0 Å². The Morgan fingerprint density at radius 3 is 1.18 bits per heavy atom. The zero-order chi connectivity index (χ0) is 13.2. The minimum atomic E-state index is -6.57. The van der Waals surface area contributed by atoms with Crippen LogP contribution in [0.5, 0.6) is 0 Å². The van der Waals surface area contributed by atoms with Gasteiger partial charge in [0.05, 0.1) is 0 Å². The summed E-state index contributed by atoms with van der Waals surface area (Å²) in [6.07, 6.45) is 0. The number of halogens is 7. The second kappa shape index (κ2) is 3.83. The van der Waals surface area contributed by atoms with Crippen molar-refractivity contribution in [2.75, 3.05) is 0 Å². The minimum Gasteiger partial charge on any atom is -0.205 e. The maximum Gasteiger partial charge on any atom is 0.429 e. The second-order valence-electron chi connectivity index (χ2n) is 2.70. The third kappa shape index (κ3) is 1.83.